The fourth-order valence-electron chi connectivity index (χ4n) is 1.98. The summed E-state index contributed by atoms with van der Waals surface area (Å²) >= 11 is 1.29. The maximum Gasteiger partial charge on any atom is 0.230 e. The Bertz CT molecular complexity index is 615. The average molecular weight is 361 g/mol. The van der Waals surface area contributed by atoms with Crippen LogP contribution in [-0.2, 0) is 14.8 Å². The number of sulfonamides is 1. The molecule has 0 fully saturated rings. The number of amides is 1. The van der Waals surface area contributed by atoms with Crippen LogP contribution >= 0.6 is 11.8 Å². The van der Waals surface area contributed by atoms with Crippen LogP contribution in [0.2, 0.25) is 0 Å². The van der Waals surface area contributed by atoms with E-state index in [1.54, 1.807) is 6.92 Å². The maximum atomic E-state index is 11.8. The molecular weight excluding hydrogens is 336 g/mol. The Balaban J connectivity index is 2.29. The van der Waals surface area contributed by atoms with Crippen LogP contribution < -0.4 is 5.32 Å². The molecule has 0 spiro atoms. The van der Waals surface area contributed by atoms with Gasteiger partial charge in [0.15, 0.2) is 5.16 Å². The minimum Gasteiger partial charge on any atom is -0.355 e. The number of hydrogen-bond acceptors (Lipinski definition) is 6. The third-order valence-corrected chi connectivity index (χ3v) is 5.25. The lowest BCUT2D eigenvalue weighted by Gasteiger charge is -2.17. The summed E-state index contributed by atoms with van der Waals surface area (Å²) in [6, 6.07) is 1.88. The van der Waals surface area contributed by atoms with Crippen LogP contribution in [0.1, 0.15) is 24.7 Å². The van der Waals surface area contributed by atoms with E-state index in [2.05, 4.69) is 15.3 Å². The van der Waals surface area contributed by atoms with Crippen molar-refractivity contribution in [3.8, 4) is 0 Å². The van der Waals surface area contributed by atoms with Crippen molar-refractivity contribution in [2.24, 2.45) is 0 Å². The molecule has 1 aromatic rings. The van der Waals surface area contributed by atoms with Crippen LogP contribution in [0.25, 0.3) is 0 Å². The Kier molecular flexibility index (Phi) is 7.93. The molecule has 0 bridgehead atoms. The largest absolute Gasteiger partial charge is 0.355 e. The molecule has 130 valence electrons. The summed E-state index contributed by atoms with van der Waals surface area (Å²) in [5, 5.41) is 3.37. The van der Waals surface area contributed by atoms with Crippen molar-refractivity contribution in [2.45, 2.75) is 32.3 Å². The molecule has 1 aromatic heterocycles. The van der Waals surface area contributed by atoms with E-state index in [1.807, 2.05) is 19.9 Å². The van der Waals surface area contributed by atoms with E-state index < -0.39 is 10.0 Å². The first-order valence-corrected chi connectivity index (χ1v) is 10.2. The fourth-order valence-corrected chi connectivity index (χ4v) is 3.69. The van der Waals surface area contributed by atoms with Gasteiger partial charge in [-0.2, -0.15) is 0 Å². The first kappa shape index (κ1) is 19.9. The highest BCUT2D eigenvalue weighted by molar-refractivity contribution is 7.99. The number of carbonyl (C=O) groups is 1. The van der Waals surface area contributed by atoms with Crippen molar-refractivity contribution in [3.63, 3.8) is 0 Å². The van der Waals surface area contributed by atoms with E-state index in [4.69, 9.17) is 0 Å². The zero-order valence-electron chi connectivity index (χ0n) is 14.0. The molecule has 0 atom stereocenters. The molecular formula is C14H24N4O3S2. The highest BCUT2D eigenvalue weighted by atomic mass is 32.2. The molecule has 0 aliphatic rings. The summed E-state index contributed by atoms with van der Waals surface area (Å²) in [6.07, 6.45) is 1.77. The summed E-state index contributed by atoms with van der Waals surface area (Å²) in [5.74, 6) is 0.132. The molecule has 1 heterocycles. The Labute approximate surface area is 142 Å². The van der Waals surface area contributed by atoms with E-state index in [-0.39, 0.29) is 11.7 Å². The van der Waals surface area contributed by atoms with Crippen molar-refractivity contribution in [1.82, 2.24) is 19.6 Å². The zero-order chi connectivity index (χ0) is 17.5. The molecule has 1 rings (SSSR count). The predicted octanol–water partition coefficient (Wildman–Crippen LogP) is 0.973. The van der Waals surface area contributed by atoms with Crippen LogP contribution in [-0.4, -0.2) is 60.2 Å². The van der Waals surface area contributed by atoms with Crippen LogP contribution in [0.4, 0.5) is 0 Å². The fraction of sp³-hybridized carbons (Fsp3) is 0.643. The van der Waals surface area contributed by atoms with E-state index in [1.165, 1.54) is 22.3 Å². The second kappa shape index (κ2) is 9.19. The van der Waals surface area contributed by atoms with E-state index in [0.29, 0.717) is 31.2 Å². The lowest BCUT2D eigenvalue weighted by molar-refractivity contribution is -0.118. The summed E-state index contributed by atoms with van der Waals surface area (Å²) < 4.78 is 24.2. The van der Waals surface area contributed by atoms with Gasteiger partial charge >= 0.3 is 0 Å². The van der Waals surface area contributed by atoms with Gasteiger partial charge in [0.25, 0.3) is 0 Å². The van der Waals surface area contributed by atoms with Gasteiger partial charge < -0.3 is 5.32 Å². The van der Waals surface area contributed by atoms with Crippen molar-refractivity contribution >= 4 is 27.7 Å². The van der Waals surface area contributed by atoms with Crippen molar-refractivity contribution in [2.75, 3.05) is 31.6 Å². The standard InChI is InChI=1S/C14H24N4O3S2/c1-5-18(23(4,20)21)8-6-7-15-13(19)10-22-14-16-11(2)9-12(3)17-14/h9H,5-8,10H2,1-4H3,(H,15,19). The Morgan fingerprint density at radius 2 is 1.91 bits per heavy atom. The molecule has 9 heteroatoms. The zero-order valence-corrected chi connectivity index (χ0v) is 15.6. The summed E-state index contributed by atoms with van der Waals surface area (Å²) in [7, 11) is -3.17. The Hall–Kier alpha value is -1.19. The first-order chi connectivity index (χ1) is 10.7. The van der Waals surface area contributed by atoms with Gasteiger partial charge in [-0.1, -0.05) is 18.7 Å². The monoisotopic (exact) mass is 360 g/mol. The third kappa shape index (κ3) is 7.76. The second-order valence-corrected chi connectivity index (χ2v) is 8.11. The molecule has 0 saturated heterocycles. The lowest BCUT2D eigenvalue weighted by Crippen LogP contribution is -2.34. The van der Waals surface area contributed by atoms with Crippen molar-refractivity contribution in [3.05, 3.63) is 17.5 Å². The molecule has 0 saturated carbocycles. The predicted molar refractivity (Wildman–Crippen MR) is 91.9 cm³/mol. The molecule has 7 nitrogen and oxygen atoms in total. The van der Waals surface area contributed by atoms with Crippen LogP contribution in [0.15, 0.2) is 11.2 Å². The Morgan fingerprint density at radius 3 is 2.43 bits per heavy atom. The molecule has 0 aliphatic carbocycles. The number of rotatable bonds is 9. The molecule has 0 radical (unpaired) electrons. The van der Waals surface area contributed by atoms with Gasteiger partial charge in [0, 0.05) is 31.0 Å². The maximum absolute atomic E-state index is 11.8. The first-order valence-electron chi connectivity index (χ1n) is 7.39. The van der Waals surface area contributed by atoms with E-state index in [0.717, 1.165) is 11.4 Å². The number of thioether (sulfide) groups is 1. The quantitative estimate of drug-likeness (QED) is 0.401. The summed E-state index contributed by atoms with van der Waals surface area (Å²) in [6.45, 7) is 6.86. The number of aromatic nitrogens is 2. The van der Waals surface area contributed by atoms with Crippen LogP contribution in [0.3, 0.4) is 0 Å². The van der Waals surface area contributed by atoms with Gasteiger partial charge in [-0.15, -0.1) is 0 Å². The Morgan fingerprint density at radius 1 is 1.30 bits per heavy atom. The highest BCUT2D eigenvalue weighted by Gasteiger charge is 2.13. The molecule has 1 amide bonds. The SMILES string of the molecule is CCN(CCCNC(=O)CSc1nc(C)cc(C)n1)S(C)(=O)=O. The lowest BCUT2D eigenvalue weighted by atomic mass is 10.4. The van der Waals surface area contributed by atoms with Gasteiger partial charge in [0.1, 0.15) is 0 Å². The van der Waals surface area contributed by atoms with E-state index in [9.17, 15) is 13.2 Å². The van der Waals surface area contributed by atoms with Gasteiger partial charge in [0.05, 0.1) is 12.0 Å². The summed E-state index contributed by atoms with van der Waals surface area (Å²) in [4.78, 5) is 20.3. The second-order valence-electron chi connectivity index (χ2n) is 5.18. The van der Waals surface area contributed by atoms with E-state index >= 15 is 0 Å². The molecule has 0 aromatic carbocycles. The average Bonchev–Trinajstić information content (AvgIpc) is 2.42. The van der Waals surface area contributed by atoms with Gasteiger partial charge in [-0.25, -0.2) is 22.7 Å². The van der Waals surface area contributed by atoms with Crippen molar-refractivity contribution in [1.29, 1.82) is 0 Å². The smallest absolute Gasteiger partial charge is 0.230 e. The number of hydrogen-bond donors (Lipinski definition) is 1. The van der Waals surface area contributed by atoms with Crippen LogP contribution in [0.5, 0.6) is 0 Å². The highest BCUT2D eigenvalue weighted by Crippen LogP contribution is 2.13. The topological polar surface area (TPSA) is 92.3 Å². The third-order valence-electron chi connectivity index (χ3n) is 3.02. The number of nitrogens with zero attached hydrogens (tertiary/aromatic N) is 3. The minimum absolute atomic E-state index is 0.111. The molecule has 23 heavy (non-hydrogen) atoms. The molecule has 1 N–H and O–H groups in total. The molecule has 0 unspecified atom stereocenters. The van der Waals surface area contributed by atoms with Gasteiger partial charge in [-0.3, -0.25) is 4.79 Å². The van der Waals surface area contributed by atoms with Crippen LogP contribution in [0, 0.1) is 13.8 Å². The summed E-state index contributed by atoms with van der Waals surface area (Å²) in [5.41, 5.74) is 1.75. The number of aryl methyl sites for hydroxylation is 2. The van der Waals surface area contributed by atoms with Crippen molar-refractivity contribution < 1.29 is 13.2 Å². The minimum atomic E-state index is -3.17. The normalized spacial score (nSPS) is 11.7. The number of carbonyl (C=O) groups excluding carboxylic acids is 1. The molecule has 0 aliphatic heterocycles. The van der Waals surface area contributed by atoms with Gasteiger partial charge in [-0.05, 0) is 26.3 Å². The number of nitrogens with one attached hydrogen (secondary N) is 1. The van der Waals surface area contributed by atoms with Gasteiger partial charge in [0.2, 0.25) is 15.9 Å².